The Hall–Kier alpha value is -1.74. The topological polar surface area (TPSA) is 53.4 Å². The van der Waals surface area contributed by atoms with Crippen molar-refractivity contribution in [2.24, 2.45) is 4.99 Å². The lowest BCUT2D eigenvalue weighted by molar-refractivity contribution is 0.471. The number of pyridine rings is 1. The molecular weight excluding hydrogens is 469 g/mol. The molecule has 0 aliphatic heterocycles. The second-order valence-electron chi connectivity index (χ2n) is 6.19. The number of fused-ring (bicyclic) bond motifs is 1. The van der Waals surface area contributed by atoms with Crippen molar-refractivity contribution in [3.63, 3.8) is 0 Å². The Labute approximate surface area is 182 Å². The number of aromatic nitrogens is 2. The molecule has 0 bridgehead atoms. The lowest BCUT2D eigenvalue weighted by Gasteiger charge is -2.21. The van der Waals surface area contributed by atoms with Gasteiger partial charge in [0.2, 0.25) is 0 Å². The summed E-state index contributed by atoms with van der Waals surface area (Å²) in [5.41, 5.74) is 3.39. The summed E-state index contributed by atoms with van der Waals surface area (Å²) in [5.74, 6) is 0.909. The Bertz CT molecular complexity index is 887. The lowest BCUT2D eigenvalue weighted by Crippen LogP contribution is -2.38. The molecule has 0 saturated heterocycles. The van der Waals surface area contributed by atoms with Gasteiger partial charge in [0.15, 0.2) is 5.96 Å². The third-order valence-electron chi connectivity index (χ3n) is 4.12. The minimum absolute atomic E-state index is 0. The maximum Gasteiger partial charge on any atom is 0.194 e. The molecule has 27 heavy (non-hydrogen) atoms. The molecule has 0 fully saturated rings. The van der Waals surface area contributed by atoms with Crippen LogP contribution in [0.25, 0.3) is 10.9 Å². The van der Waals surface area contributed by atoms with Crippen LogP contribution in [-0.2, 0) is 13.0 Å². The van der Waals surface area contributed by atoms with E-state index in [1.807, 2.05) is 19.2 Å². The maximum atomic E-state index is 4.80. The minimum atomic E-state index is 0. The summed E-state index contributed by atoms with van der Waals surface area (Å²) in [5, 5.41) is 7.75. The highest BCUT2D eigenvalue weighted by atomic mass is 127. The summed E-state index contributed by atoms with van der Waals surface area (Å²) in [7, 11) is 2.05. The first-order valence-electron chi connectivity index (χ1n) is 8.90. The normalized spacial score (nSPS) is 11.3. The molecule has 2 aromatic heterocycles. The molecule has 0 atom stereocenters. The molecule has 3 aromatic rings. The molecule has 0 radical (unpaired) electrons. The number of benzene rings is 1. The van der Waals surface area contributed by atoms with E-state index in [1.54, 1.807) is 11.3 Å². The SMILES string of the molecule is CCNC(=NCCc1cccc2cccnc12)N(C)Cc1csc(C)n1.I. The molecule has 0 aliphatic rings. The van der Waals surface area contributed by atoms with Gasteiger partial charge in [0.05, 0.1) is 22.8 Å². The molecule has 5 nitrogen and oxygen atoms in total. The van der Waals surface area contributed by atoms with Crippen LogP contribution in [0.1, 0.15) is 23.2 Å². The molecule has 0 spiro atoms. The van der Waals surface area contributed by atoms with Gasteiger partial charge in [-0.25, -0.2) is 4.98 Å². The summed E-state index contributed by atoms with van der Waals surface area (Å²) in [6, 6.07) is 10.4. The van der Waals surface area contributed by atoms with Gasteiger partial charge in [-0.3, -0.25) is 9.98 Å². The predicted octanol–water partition coefficient (Wildman–Crippen LogP) is 4.26. The van der Waals surface area contributed by atoms with E-state index in [2.05, 4.69) is 63.8 Å². The zero-order valence-electron chi connectivity index (χ0n) is 16.0. The molecule has 2 heterocycles. The van der Waals surface area contributed by atoms with Crippen molar-refractivity contribution >= 4 is 52.2 Å². The fourth-order valence-electron chi connectivity index (χ4n) is 2.92. The number of hydrogen-bond donors (Lipinski definition) is 1. The summed E-state index contributed by atoms with van der Waals surface area (Å²) in [6.07, 6.45) is 2.72. The number of rotatable bonds is 6. The molecule has 1 aromatic carbocycles. The average Bonchev–Trinajstić information content (AvgIpc) is 3.06. The van der Waals surface area contributed by atoms with Gasteiger partial charge in [-0.1, -0.05) is 24.3 Å². The van der Waals surface area contributed by atoms with Crippen LogP contribution in [-0.4, -0.2) is 41.0 Å². The van der Waals surface area contributed by atoms with Crippen molar-refractivity contribution in [3.05, 3.63) is 58.2 Å². The smallest absolute Gasteiger partial charge is 0.194 e. The fourth-order valence-corrected chi connectivity index (χ4v) is 3.52. The summed E-state index contributed by atoms with van der Waals surface area (Å²) >= 11 is 1.68. The Morgan fingerprint density at radius 1 is 1.26 bits per heavy atom. The zero-order valence-corrected chi connectivity index (χ0v) is 19.1. The summed E-state index contributed by atoms with van der Waals surface area (Å²) in [6.45, 7) is 6.44. The fraction of sp³-hybridized carbons (Fsp3) is 0.350. The number of nitrogens with one attached hydrogen (secondary N) is 1. The molecule has 0 unspecified atom stereocenters. The first kappa shape index (κ1) is 21.6. The Kier molecular flexibility index (Phi) is 8.43. The van der Waals surface area contributed by atoms with Gasteiger partial charge in [0, 0.05) is 37.1 Å². The Morgan fingerprint density at radius 3 is 2.81 bits per heavy atom. The number of halogens is 1. The predicted molar refractivity (Wildman–Crippen MR) is 125 cm³/mol. The van der Waals surface area contributed by atoms with Crippen LogP contribution in [0.4, 0.5) is 0 Å². The van der Waals surface area contributed by atoms with Gasteiger partial charge in [-0.2, -0.15) is 0 Å². The zero-order chi connectivity index (χ0) is 18.4. The molecule has 144 valence electrons. The van der Waals surface area contributed by atoms with E-state index < -0.39 is 0 Å². The Morgan fingerprint density at radius 2 is 2.07 bits per heavy atom. The molecule has 3 rings (SSSR count). The van der Waals surface area contributed by atoms with Crippen molar-refractivity contribution in [2.75, 3.05) is 20.1 Å². The average molecular weight is 495 g/mol. The van der Waals surface area contributed by atoms with Crippen LogP contribution in [0.15, 0.2) is 46.9 Å². The van der Waals surface area contributed by atoms with Crippen LogP contribution in [0.2, 0.25) is 0 Å². The molecule has 7 heteroatoms. The largest absolute Gasteiger partial charge is 0.357 e. The van der Waals surface area contributed by atoms with E-state index in [-0.39, 0.29) is 24.0 Å². The van der Waals surface area contributed by atoms with Gasteiger partial charge in [-0.15, -0.1) is 35.3 Å². The molecule has 0 amide bonds. The number of thiazole rings is 1. The number of guanidine groups is 1. The van der Waals surface area contributed by atoms with Gasteiger partial charge < -0.3 is 10.2 Å². The van der Waals surface area contributed by atoms with Crippen molar-refractivity contribution < 1.29 is 0 Å². The maximum absolute atomic E-state index is 4.80. The minimum Gasteiger partial charge on any atom is -0.357 e. The quantitative estimate of drug-likeness (QED) is 0.316. The van der Waals surface area contributed by atoms with E-state index in [0.717, 1.165) is 48.2 Å². The highest BCUT2D eigenvalue weighted by molar-refractivity contribution is 14.0. The van der Waals surface area contributed by atoms with Crippen molar-refractivity contribution in [1.29, 1.82) is 0 Å². The van der Waals surface area contributed by atoms with Crippen LogP contribution in [0.3, 0.4) is 0 Å². The van der Waals surface area contributed by atoms with Crippen LogP contribution < -0.4 is 5.32 Å². The van der Waals surface area contributed by atoms with E-state index in [0.29, 0.717) is 0 Å². The molecule has 0 aliphatic carbocycles. The van der Waals surface area contributed by atoms with Gasteiger partial charge >= 0.3 is 0 Å². The van der Waals surface area contributed by atoms with Crippen LogP contribution in [0, 0.1) is 6.92 Å². The second kappa shape index (κ2) is 10.6. The van der Waals surface area contributed by atoms with Gasteiger partial charge in [0.1, 0.15) is 0 Å². The number of aliphatic imine (C=N–C) groups is 1. The molecule has 1 N–H and O–H groups in total. The first-order chi connectivity index (χ1) is 12.7. The van der Waals surface area contributed by atoms with Gasteiger partial charge in [0.25, 0.3) is 0 Å². The number of aryl methyl sites for hydroxylation is 1. The molecule has 0 saturated carbocycles. The van der Waals surface area contributed by atoms with Crippen molar-refractivity contribution in [1.82, 2.24) is 20.2 Å². The monoisotopic (exact) mass is 495 g/mol. The Balaban J connectivity index is 0.00000261. The van der Waals surface area contributed by atoms with Crippen molar-refractivity contribution in [2.45, 2.75) is 26.8 Å². The highest BCUT2D eigenvalue weighted by Gasteiger charge is 2.09. The van der Waals surface area contributed by atoms with Crippen molar-refractivity contribution in [3.8, 4) is 0 Å². The van der Waals surface area contributed by atoms with Crippen LogP contribution in [0.5, 0.6) is 0 Å². The van der Waals surface area contributed by atoms with E-state index in [1.165, 1.54) is 10.9 Å². The first-order valence-corrected chi connectivity index (χ1v) is 9.78. The third-order valence-corrected chi connectivity index (χ3v) is 4.94. The second-order valence-corrected chi connectivity index (χ2v) is 7.25. The molecular formula is C20H26IN5S. The number of hydrogen-bond acceptors (Lipinski definition) is 4. The number of nitrogens with zero attached hydrogens (tertiary/aromatic N) is 4. The standard InChI is InChI=1S/C20H25N5S.HI/c1-4-21-20(25(3)13-18-14-26-15(2)24-18)23-12-10-17-8-5-7-16-9-6-11-22-19(16)17;/h5-9,11,14H,4,10,12-13H2,1-3H3,(H,21,23);1H. The lowest BCUT2D eigenvalue weighted by atomic mass is 10.1. The van der Waals surface area contributed by atoms with Gasteiger partial charge in [-0.05, 0) is 31.9 Å². The van der Waals surface area contributed by atoms with Crippen LogP contribution >= 0.6 is 35.3 Å². The summed E-state index contributed by atoms with van der Waals surface area (Å²) < 4.78 is 0. The van der Waals surface area contributed by atoms with E-state index >= 15 is 0 Å². The summed E-state index contributed by atoms with van der Waals surface area (Å²) in [4.78, 5) is 16.0. The third kappa shape index (κ3) is 5.87. The highest BCUT2D eigenvalue weighted by Crippen LogP contribution is 2.16. The van der Waals surface area contributed by atoms with E-state index in [9.17, 15) is 0 Å². The number of para-hydroxylation sites is 1. The van der Waals surface area contributed by atoms with E-state index in [4.69, 9.17) is 4.99 Å².